The van der Waals surface area contributed by atoms with E-state index in [0.29, 0.717) is 47.2 Å². The van der Waals surface area contributed by atoms with Gasteiger partial charge in [0.25, 0.3) is 0 Å². The number of ether oxygens (including phenoxy) is 1. The second kappa shape index (κ2) is 11.2. The predicted molar refractivity (Wildman–Crippen MR) is 140 cm³/mol. The van der Waals surface area contributed by atoms with Crippen LogP contribution in [0.3, 0.4) is 0 Å². The Morgan fingerprint density at radius 3 is 2.26 bits per heavy atom. The molecule has 0 atom stereocenters. The van der Waals surface area contributed by atoms with Gasteiger partial charge in [-0.15, -0.1) is 0 Å². The van der Waals surface area contributed by atoms with Crippen molar-refractivity contribution in [3.05, 3.63) is 23.2 Å². The first-order chi connectivity index (χ1) is 16.7. The fourth-order valence-corrected chi connectivity index (χ4v) is 6.72. The molecule has 2 aromatic rings. The molecule has 2 aliphatic carbocycles. The Balaban J connectivity index is 1.62. The van der Waals surface area contributed by atoms with Gasteiger partial charge in [0.1, 0.15) is 15.6 Å². The van der Waals surface area contributed by atoms with Gasteiger partial charge in [-0.3, -0.25) is 0 Å². The fraction of sp³-hybridized carbons (Fsp3) is 0.625. The van der Waals surface area contributed by atoms with E-state index in [4.69, 9.17) is 27.1 Å². The zero-order valence-corrected chi connectivity index (χ0v) is 22.0. The maximum Gasteiger partial charge on any atom is 0.233 e. The number of halogens is 1. The van der Waals surface area contributed by atoms with Gasteiger partial charge < -0.3 is 20.7 Å². The molecular weight excluding hydrogens is 488 g/mol. The van der Waals surface area contributed by atoms with Crippen molar-refractivity contribution in [2.24, 2.45) is 0 Å². The lowest BCUT2D eigenvalue weighted by atomic mass is 9.91. The molecule has 0 spiro atoms. The molecular formula is C24H35ClN6O3S. The summed E-state index contributed by atoms with van der Waals surface area (Å²) in [6, 6.07) is 5.81. The van der Waals surface area contributed by atoms with Gasteiger partial charge in [-0.05, 0) is 56.7 Å². The number of hydrogen-bond donors (Lipinski definition) is 2. The minimum Gasteiger partial charge on any atom is -0.495 e. The molecule has 1 aromatic heterocycles. The molecule has 0 unspecified atom stereocenters. The monoisotopic (exact) mass is 522 g/mol. The highest BCUT2D eigenvalue weighted by atomic mass is 35.5. The van der Waals surface area contributed by atoms with Gasteiger partial charge in [-0.25, -0.2) is 8.42 Å². The molecule has 35 heavy (non-hydrogen) atoms. The Morgan fingerprint density at radius 1 is 1.00 bits per heavy atom. The molecule has 1 aromatic carbocycles. The minimum atomic E-state index is -3.04. The van der Waals surface area contributed by atoms with E-state index >= 15 is 0 Å². The van der Waals surface area contributed by atoms with Crippen molar-refractivity contribution < 1.29 is 13.2 Å². The van der Waals surface area contributed by atoms with Crippen molar-refractivity contribution in [2.45, 2.75) is 81.5 Å². The van der Waals surface area contributed by atoms with Crippen LogP contribution >= 0.6 is 11.6 Å². The summed E-state index contributed by atoms with van der Waals surface area (Å²) >= 11 is 6.28. The molecule has 2 fully saturated rings. The van der Waals surface area contributed by atoms with Crippen LogP contribution in [-0.2, 0) is 9.84 Å². The van der Waals surface area contributed by atoms with Gasteiger partial charge in [0.2, 0.25) is 17.8 Å². The second-order valence-electron chi connectivity index (χ2n) is 9.60. The van der Waals surface area contributed by atoms with Crippen LogP contribution in [0.15, 0.2) is 18.2 Å². The molecule has 192 valence electrons. The predicted octanol–water partition coefficient (Wildman–Crippen LogP) is 4.74. The lowest BCUT2D eigenvalue weighted by molar-refractivity contribution is 0.366. The molecule has 2 saturated carbocycles. The maximum absolute atomic E-state index is 12.1. The number of hydrogen-bond acceptors (Lipinski definition) is 9. The lowest BCUT2D eigenvalue weighted by Gasteiger charge is -2.41. The number of rotatable bonds is 7. The molecule has 0 aliphatic heterocycles. The Hall–Kier alpha value is -2.33. The van der Waals surface area contributed by atoms with Crippen LogP contribution in [-0.4, -0.2) is 54.1 Å². The van der Waals surface area contributed by atoms with Crippen LogP contribution in [0.4, 0.5) is 23.5 Å². The van der Waals surface area contributed by atoms with Gasteiger partial charge in [-0.2, -0.15) is 15.0 Å². The SMILES string of the molecule is COc1ccc(Nc2nc(N)nc(N(C3CCCCCC3)C3CCC(S(C)(=O)=O)CC3)n2)cc1Cl. The third kappa shape index (κ3) is 6.46. The molecule has 3 N–H and O–H groups in total. The summed E-state index contributed by atoms with van der Waals surface area (Å²) in [5.41, 5.74) is 6.85. The topological polar surface area (TPSA) is 123 Å². The summed E-state index contributed by atoms with van der Waals surface area (Å²) in [4.78, 5) is 15.9. The molecule has 0 radical (unpaired) electrons. The van der Waals surface area contributed by atoms with Crippen LogP contribution in [0.25, 0.3) is 0 Å². The Morgan fingerprint density at radius 2 is 1.66 bits per heavy atom. The lowest BCUT2D eigenvalue weighted by Crippen LogP contribution is -2.47. The van der Waals surface area contributed by atoms with Crippen LogP contribution < -0.4 is 20.7 Å². The third-order valence-electron chi connectivity index (χ3n) is 7.14. The number of aromatic nitrogens is 3. The van der Waals surface area contributed by atoms with Gasteiger partial charge in [0.05, 0.1) is 17.4 Å². The largest absolute Gasteiger partial charge is 0.495 e. The normalized spacial score (nSPS) is 21.8. The number of nitrogens with one attached hydrogen (secondary N) is 1. The number of benzene rings is 1. The summed E-state index contributed by atoms with van der Waals surface area (Å²) in [5, 5.41) is 3.40. The van der Waals surface area contributed by atoms with E-state index in [2.05, 4.69) is 20.2 Å². The molecule has 1 heterocycles. The van der Waals surface area contributed by atoms with Gasteiger partial charge in [-0.1, -0.05) is 37.3 Å². The summed E-state index contributed by atoms with van der Waals surface area (Å²) < 4.78 is 29.5. The quantitative estimate of drug-likeness (QED) is 0.496. The Bertz CT molecular complexity index is 1120. The highest BCUT2D eigenvalue weighted by Gasteiger charge is 2.35. The number of anilines is 4. The van der Waals surface area contributed by atoms with Gasteiger partial charge >= 0.3 is 0 Å². The highest BCUT2D eigenvalue weighted by molar-refractivity contribution is 7.91. The average Bonchev–Trinajstić information content (AvgIpc) is 3.08. The van der Waals surface area contributed by atoms with Crippen LogP contribution in [0.1, 0.15) is 64.2 Å². The molecule has 2 aliphatic rings. The Labute approximate surface area is 212 Å². The van der Waals surface area contributed by atoms with Crippen molar-refractivity contribution >= 4 is 45.0 Å². The molecule has 0 amide bonds. The van der Waals surface area contributed by atoms with Gasteiger partial charge in [0.15, 0.2) is 0 Å². The zero-order valence-electron chi connectivity index (χ0n) is 20.4. The number of nitrogen functional groups attached to an aromatic ring is 1. The summed E-state index contributed by atoms with van der Waals surface area (Å²) in [6.45, 7) is 0. The third-order valence-corrected chi connectivity index (χ3v) is 9.12. The van der Waals surface area contributed by atoms with Crippen LogP contribution in [0, 0.1) is 0 Å². The van der Waals surface area contributed by atoms with Crippen molar-refractivity contribution in [2.75, 3.05) is 29.3 Å². The van der Waals surface area contributed by atoms with Crippen molar-refractivity contribution in [1.29, 1.82) is 0 Å². The van der Waals surface area contributed by atoms with E-state index in [9.17, 15) is 8.42 Å². The first-order valence-electron chi connectivity index (χ1n) is 12.3. The fourth-order valence-electron chi connectivity index (χ4n) is 5.34. The summed E-state index contributed by atoms with van der Waals surface area (Å²) in [7, 11) is -1.47. The van der Waals surface area contributed by atoms with Crippen molar-refractivity contribution in [3.8, 4) is 5.75 Å². The number of nitrogens with two attached hydrogens (primary N) is 1. The average molecular weight is 523 g/mol. The minimum absolute atomic E-state index is 0.139. The molecule has 0 saturated heterocycles. The van der Waals surface area contributed by atoms with Crippen molar-refractivity contribution in [3.63, 3.8) is 0 Å². The van der Waals surface area contributed by atoms with E-state index < -0.39 is 9.84 Å². The first kappa shape index (κ1) is 25.8. The van der Waals surface area contributed by atoms with Crippen LogP contribution in [0.5, 0.6) is 5.75 Å². The summed E-state index contributed by atoms with van der Waals surface area (Å²) in [6.07, 6.45) is 11.1. The highest BCUT2D eigenvalue weighted by Crippen LogP contribution is 2.35. The molecule has 11 heteroatoms. The second-order valence-corrected chi connectivity index (χ2v) is 12.3. The maximum atomic E-state index is 12.1. The zero-order chi connectivity index (χ0) is 25.0. The van der Waals surface area contributed by atoms with E-state index in [1.165, 1.54) is 19.1 Å². The molecule has 4 rings (SSSR count). The van der Waals surface area contributed by atoms with E-state index in [1.54, 1.807) is 19.2 Å². The standard InChI is InChI=1S/C24H35ClN6O3S/c1-34-21-14-9-16(15-20(21)25)27-23-28-22(26)29-24(30-23)31(17-7-5-3-4-6-8-17)18-10-12-19(13-11-18)35(2,32)33/h9,14-15,17-19H,3-8,10-13H2,1-2H3,(H3,26,27,28,29,30). The van der Waals surface area contributed by atoms with E-state index in [0.717, 1.165) is 38.5 Å². The van der Waals surface area contributed by atoms with Gasteiger partial charge in [0, 0.05) is 24.0 Å². The first-order valence-corrected chi connectivity index (χ1v) is 14.7. The molecule has 0 bridgehead atoms. The number of nitrogens with zero attached hydrogens (tertiary/aromatic N) is 4. The summed E-state index contributed by atoms with van der Waals surface area (Å²) in [5.74, 6) is 1.62. The van der Waals surface area contributed by atoms with E-state index in [1.807, 2.05) is 6.07 Å². The smallest absolute Gasteiger partial charge is 0.233 e. The number of methoxy groups -OCH3 is 1. The number of sulfone groups is 1. The Kier molecular flexibility index (Phi) is 8.21. The molecule has 9 nitrogen and oxygen atoms in total. The van der Waals surface area contributed by atoms with Crippen molar-refractivity contribution in [1.82, 2.24) is 15.0 Å². The van der Waals surface area contributed by atoms with Crippen LogP contribution in [0.2, 0.25) is 5.02 Å². The van der Waals surface area contributed by atoms with E-state index in [-0.39, 0.29) is 17.2 Å².